The molecule has 0 radical (unpaired) electrons. The first-order valence-corrected chi connectivity index (χ1v) is 13.3. The van der Waals surface area contributed by atoms with Gasteiger partial charge in [0.25, 0.3) is 17.1 Å². The number of amides is 4. The lowest BCUT2D eigenvalue weighted by Crippen LogP contribution is -2.36. The summed E-state index contributed by atoms with van der Waals surface area (Å²) in [5, 5.41) is 4.59. The minimum Gasteiger partial charge on any atom is -0.493 e. The predicted octanol–water partition coefficient (Wildman–Crippen LogP) is 5.13. The zero-order chi connectivity index (χ0) is 27.9. The van der Waals surface area contributed by atoms with Crippen molar-refractivity contribution < 1.29 is 33.0 Å². The van der Waals surface area contributed by atoms with Crippen LogP contribution in [0.3, 0.4) is 0 Å². The number of halogens is 2. The molecule has 0 bridgehead atoms. The highest BCUT2D eigenvalue weighted by atomic mass is 127. The van der Waals surface area contributed by atoms with Gasteiger partial charge in [-0.05, 0) is 88.5 Å². The van der Waals surface area contributed by atoms with Gasteiger partial charge in [0, 0.05) is 11.4 Å². The standard InChI is InChI=1S/C27H21FIN3O6S/c1-37-21-11-16(10-20(29)25(21)38-15-24(34)30-18-7-3-2-4-8-18)12-22-26(35)32(27(36)39-22)14-23(33)31-19-9-5-6-17(28)13-19/h2-13H,14-15H2,1H3,(H,30,34)(H,31,33)/b22-12+. The van der Waals surface area contributed by atoms with Crippen molar-refractivity contribution in [3.63, 3.8) is 0 Å². The Bertz CT molecular complexity index is 1470. The molecule has 3 aromatic rings. The molecule has 1 fully saturated rings. The van der Waals surface area contributed by atoms with Crippen molar-refractivity contribution in [2.75, 3.05) is 30.9 Å². The molecule has 200 valence electrons. The maximum absolute atomic E-state index is 13.4. The third-order valence-electron chi connectivity index (χ3n) is 5.24. The van der Waals surface area contributed by atoms with Gasteiger partial charge in [0.15, 0.2) is 18.1 Å². The largest absolute Gasteiger partial charge is 0.493 e. The van der Waals surface area contributed by atoms with Gasteiger partial charge in [0.1, 0.15) is 12.4 Å². The van der Waals surface area contributed by atoms with Crippen LogP contribution in [0.25, 0.3) is 6.08 Å². The summed E-state index contributed by atoms with van der Waals surface area (Å²) < 4.78 is 25.1. The summed E-state index contributed by atoms with van der Waals surface area (Å²) in [5.41, 5.74) is 1.40. The lowest BCUT2D eigenvalue weighted by molar-refractivity contribution is -0.127. The highest BCUT2D eigenvalue weighted by Gasteiger charge is 2.36. The fraction of sp³-hybridized carbons (Fsp3) is 0.111. The number of carbonyl (C=O) groups excluding carboxylic acids is 4. The van der Waals surface area contributed by atoms with Gasteiger partial charge in [0.2, 0.25) is 5.91 Å². The summed E-state index contributed by atoms with van der Waals surface area (Å²) in [6.45, 7) is -0.769. The van der Waals surface area contributed by atoms with Crippen LogP contribution in [0.4, 0.5) is 20.6 Å². The predicted molar refractivity (Wildman–Crippen MR) is 154 cm³/mol. The molecule has 39 heavy (non-hydrogen) atoms. The van der Waals surface area contributed by atoms with Crippen LogP contribution in [0.5, 0.6) is 11.5 Å². The van der Waals surface area contributed by atoms with Crippen molar-refractivity contribution in [2.24, 2.45) is 0 Å². The number of thioether (sulfide) groups is 1. The highest BCUT2D eigenvalue weighted by molar-refractivity contribution is 14.1. The second kappa shape index (κ2) is 12.8. The van der Waals surface area contributed by atoms with Crippen LogP contribution in [0.2, 0.25) is 0 Å². The lowest BCUT2D eigenvalue weighted by atomic mass is 10.2. The number of rotatable bonds is 9. The zero-order valence-electron chi connectivity index (χ0n) is 20.4. The number of hydrogen-bond acceptors (Lipinski definition) is 7. The number of nitrogens with one attached hydrogen (secondary N) is 2. The van der Waals surface area contributed by atoms with E-state index in [0.29, 0.717) is 38.1 Å². The van der Waals surface area contributed by atoms with E-state index in [0.717, 1.165) is 11.0 Å². The molecule has 0 saturated carbocycles. The summed E-state index contributed by atoms with van der Waals surface area (Å²) in [6.07, 6.45) is 1.51. The number of anilines is 2. The number of carbonyl (C=O) groups is 4. The van der Waals surface area contributed by atoms with E-state index < -0.39 is 29.4 Å². The molecule has 9 nitrogen and oxygen atoms in total. The van der Waals surface area contributed by atoms with Crippen LogP contribution < -0.4 is 20.1 Å². The Morgan fingerprint density at radius 2 is 1.72 bits per heavy atom. The third-order valence-corrected chi connectivity index (χ3v) is 6.95. The number of ether oxygens (including phenoxy) is 2. The first-order valence-electron chi connectivity index (χ1n) is 11.4. The summed E-state index contributed by atoms with van der Waals surface area (Å²) in [5.74, 6) is -1.48. The number of nitrogens with zero attached hydrogens (tertiary/aromatic N) is 1. The van der Waals surface area contributed by atoms with E-state index in [4.69, 9.17) is 9.47 Å². The Labute approximate surface area is 240 Å². The van der Waals surface area contributed by atoms with Gasteiger partial charge in [-0.2, -0.15) is 0 Å². The number of methoxy groups -OCH3 is 1. The summed E-state index contributed by atoms with van der Waals surface area (Å²) in [7, 11) is 1.44. The van der Waals surface area contributed by atoms with Crippen molar-refractivity contribution in [1.29, 1.82) is 0 Å². The molecular formula is C27H21FIN3O6S. The van der Waals surface area contributed by atoms with Crippen molar-refractivity contribution in [3.8, 4) is 11.5 Å². The first kappa shape index (κ1) is 28.1. The van der Waals surface area contributed by atoms with E-state index in [1.807, 2.05) is 28.7 Å². The summed E-state index contributed by atoms with van der Waals surface area (Å²) in [6, 6.07) is 17.6. The number of imide groups is 1. The van der Waals surface area contributed by atoms with Gasteiger partial charge in [-0.1, -0.05) is 24.3 Å². The normalized spacial score (nSPS) is 13.9. The van der Waals surface area contributed by atoms with Crippen LogP contribution in [-0.4, -0.2) is 48.1 Å². The molecular weight excluding hydrogens is 640 g/mol. The quantitative estimate of drug-likeness (QED) is 0.242. The molecule has 4 amide bonds. The Hall–Kier alpha value is -3.91. The molecule has 1 heterocycles. The molecule has 1 aliphatic rings. The molecule has 0 aromatic heterocycles. The van der Waals surface area contributed by atoms with Crippen molar-refractivity contribution >= 4 is 74.8 Å². The molecule has 1 aliphatic heterocycles. The van der Waals surface area contributed by atoms with Crippen LogP contribution in [0.15, 0.2) is 71.6 Å². The van der Waals surface area contributed by atoms with E-state index in [1.54, 1.807) is 36.4 Å². The highest BCUT2D eigenvalue weighted by Crippen LogP contribution is 2.37. The molecule has 2 N–H and O–H groups in total. The van der Waals surface area contributed by atoms with E-state index in [1.165, 1.54) is 31.4 Å². The molecule has 12 heteroatoms. The average Bonchev–Trinajstić information content (AvgIpc) is 3.15. The Morgan fingerprint density at radius 1 is 1.00 bits per heavy atom. The van der Waals surface area contributed by atoms with E-state index in [9.17, 15) is 23.6 Å². The van der Waals surface area contributed by atoms with Gasteiger partial charge in [-0.3, -0.25) is 24.1 Å². The second-order valence-electron chi connectivity index (χ2n) is 8.06. The Balaban J connectivity index is 1.42. The van der Waals surface area contributed by atoms with Gasteiger partial charge in [0.05, 0.1) is 15.6 Å². The van der Waals surface area contributed by atoms with Crippen molar-refractivity contribution in [2.45, 2.75) is 0 Å². The minimum atomic E-state index is -0.641. The smallest absolute Gasteiger partial charge is 0.294 e. The monoisotopic (exact) mass is 661 g/mol. The van der Waals surface area contributed by atoms with Crippen molar-refractivity contribution in [3.05, 3.63) is 86.6 Å². The molecule has 0 atom stereocenters. The van der Waals surface area contributed by atoms with E-state index >= 15 is 0 Å². The summed E-state index contributed by atoms with van der Waals surface area (Å²) in [4.78, 5) is 50.9. The van der Waals surface area contributed by atoms with Crippen LogP contribution in [0, 0.1) is 9.39 Å². The van der Waals surface area contributed by atoms with Crippen LogP contribution in [0.1, 0.15) is 5.56 Å². The summed E-state index contributed by atoms with van der Waals surface area (Å²) >= 11 is 2.72. The zero-order valence-corrected chi connectivity index (χ0v) is 23.4. The second-order valence-corrected chi connectivity index (χ2v) is 10.2. The molecule has 3 aromatic carbocycles. The SMILES string of the molecule is COc1cc(/C=C2/SC(=O)N(CC(=O)Nc3cccc(F)c3)C2=O)cc(I)c1OCC(=O)Nc1ccccc1. The number of hydrogen-bond donors (Lipinski definition) is 2. The number of para-hydroxylation sites is 1. The van der Waals surface area contributed by atoms with E-state index in [2.05, 4.69) is 10.6 Å². The van der Waals surface area contributed by atoms with Crippen LogP contribution in [-0.2, 0) is 14.4 Å². The maximum Gasteiger partial charge on any atom is 0.294 e. The fourth-order valence-corrected chi connectivity index (χ4v) is 5.14. The topological polar surface area (TPSA) is 114 Å². The molecule has 0 aliphatic carbocycles. The van der Waals surface area contributed by atoms with Gasteiger partial charge in [-0.25, -0.2) is 4.39 Å². The molecule has 1 saturated heterocycles. The Morgan fingerprint density at radius 3 is 2.44 bits per heavy atom. The Kier molecular flexibility index (Phi) is 9.19. The maximum atomic E-state index is 13.4. The lowest BCUT2D eigenvalue weighted by Gasteiger charge is -2.14. The average molecular weight is 661 g/mol. The molecule has 4 rings (SSSR count). The van der Waals surface area contributed by atoms with Gasteiger partial charge >= 0.3 is 0 Å². The van der Waals surface area contributed by atoms with Gasteiger partial charge < -0.3 is 20.1 Å². The molecule has 0 unspecified atom stereocenters. The van der Waals surface area contributed by atoms with Crippen LogP contribution >= 0.6 is 34.4 Å². The molecule has 0 spiro atoms. The fourth-order valence-electron chi connectivity index (χ4n) is 3.52. The number of benzene rings is 3. The van der Waals surface area contributed by atoms with Gasteiger partial charge in [-0.15, -0.1) is 0 Å². The van der Waals surface area contributed by atoms with E-state index in [-0.39, 0.29) is 23.1 Å². The van der Waals surface area contributed by atoms with Crippen molar-refractivity contribution in [1.82, 2.24) is 4.90 Å². The minimum absolute atomic E-state index is 0.118. The first-order chi connectivity index (χ1) is 18.7. The third kappa shape index (κ3) is 7.35.